The number of piperidine rings is 1. The molecular weight excluding hydrogens is 244 g/mol. The van der Waals surface area contributed by atoms with Crippen LogP contribution in [0.25, 0.3) is 0 Å². The second-order valence-electron chi connectivity index (χ2n) is 5.42. The highest BCUT2D eigenvalue weighted by Gasteiger charge is 2.22. The molecule has 1 aliphatic rings. The van der Waals surface area contributed by atoms with Crippen LogP contribution < -0.4 is 5.73 Å². The van der Waals surface area contributed by atoms with Crippen LogP contribution in [0.2, 0.25) is 0 Å². The second-order valence-corrected chi connectivity index (χ2v) is 5.42. The smallest absolute Gasteiger partial charge is 0.0236 e. The summed E-state index contributed by atoms with van der Waals surface area (Å²) in [7, 11) is 0. The zero-order chi connectivity index (χ0) is 12.3. The topological polar surface area (TPSA) is 29.3 Å². The molecule has 1 saturated heterocycles. The van der Waals surface area contributed by atoms with E-state index in [-0.39, 0.29) is 12.4 Å². The number of nitrogens with zero attached hydrogens (tertiary/aromatic N) is 1. The first kappa shape index (κ1) is 15.5. The van der Waals surface area contributed by atoms with Crippen molar-refractivity contribution >= 4 is 12.4 Å². The Morgan fingerprint density at radius 2 is 2.11 bits per heavy atom. The number of likely N-dealkylation sites (tertiary alicyclic amines) is 1. The summed E-state index contributed by atoms with van der Waals surface area (Å²) in [6.45, 7) is 7.80. The normalized spacial score (nSPS) is 22.3. The molecule has 1 aromatic carbocycles. The van der Waals surface area contributed by atoms with Crippen molar-refractivity contribution in [2.24, 2.45) is 11.7 Å². The van der Waals surface area contributed by atoms with Gasteiger partial charge in [0.25, 0.3) is 0 Å². The van der Waals surface area contributed by atoms with Crippen LogP contribution in [0.3, 0.4) is 0 Å². The third-order valence-electron chi connectivity index (χ3n) is 3.94. The first-order chi connectivity index (χ1) is 8.16. The van der Waals surface area contributed by atoms with E-state index in [9.17, 15) is 0 Å². The summed E-state index contributed by atoms with van der Waals surface area (Å²) in [5.41, 5.74) is 8.88. The first-order valence-electron chi connectivity index (χ1n) is 6.69. The molecule has 0 bridgehead atoms. The minimum atomic E-state index is 0. The zero-order valence-electron chi connectivity index (χ0n) is 11.4. The van der Waals surface area contributed by atoms with E-state index in [1.807, 2.05) is 0 Å². The maximum atomic E-state index is 6.03. The van der Waals surface area contributed by atoms with Crippen LogP contribution in [-0.2, 0) is 6.54 Å². The lowest BCUT2D eigenvalue weighted by Crippen LogP contribution is -2.42. The molecule has 0 aromatic heterocycles. The van der Waals surface area contributed by atoms with Gasteiger partial charge >= 0.3 is 0 Å². The van der Waals surface area contributed by atoms with Crippen LogP contribution in [0, 0.1) is 12.8 Å². The Morgan fingerprint density at radius 1 is 1.39 bits per heavy atom. The number of hydrogen-bond acceptors (Lipinski definition) is 2. The maximum Gasteiger partial charge on any atom is 0.0236 e. The molecule has 1 heterocycles. The van der Waals surface area contributed by atoms with Gasteiger partial charge in [0, 0.05) is 19.1 Å². The molecule has 2 atom stereocenters. The maximum absolute atomic E-state index is 6.03. The average molecular weight is 269 g/mol. The Bertz CT molecular complexity index is 365. The summed E-state index contributed by atoms with van der Waals surface area (Å²) >= 11 is 0. The lowest BCUT2D eigenvalue weighted by atomic mass is 9.92. The molecule has 2 nitrogen and oxygen atoms in total. The Labute approximate surface area is 117 Å². The second kappa shape index (κ2) is 7.13. The highest BCUT2D eigenvalue weighted by atomic mass is 35.5. The monoisotopic (exact) mass is 268 g/mol. The molecular formula is C15H25ClN2. The van der Waals surface area contributed by atoms with Gasteiger partial charge in [-0.1, -0.05) is 24.3 Å². The van der Waals surface area contributed by atoms with Gasteiger partial charge in [-0.05, 0) is 50.3 Å². The van der Waals surface area contributed by atoms with E-state index in [1.54, 1.807) is 0 Å². The molecule has 0 aliphatic carbocycles. The molecule has 1 fully saturated rings. The molecule has 0 saturated carbocycles. The summed E-state index contributed by atoms with van der Waals surface area (Å²) in [6, 6.07) is 9.01. The molecule has 3 heteroatoms. The number of halogens is 1. The summed E-state index contributed by atoms with van der Waals surface area (Å²) in [4.78, 5) is 2.56. The first-order valence-corrected chi connectivity index (χ1v) is 6.69. The molecule has 18 heavy (non-hydrogen) atoms. The predicted octanol–water partition coefficient (Wildman–Crippen LogP) is 2.98. The standard InChI is InChI=1S/C15H24N2.ClH/c1-12-6-3-4-7-14(12)10-17-9-5-8-15(11-17)13(2)16;/h3-4,6-7,13,15H,5,8-11,16H2,1-2H3;1H. The van der Waals surface area contributed by atoms with Gasteiger partial charge in [0.2, 0.25) is 0 Å². The Kier molecular flexibility index (Phi) is 6.13. The van der Waals surface area contributed by atoms with Gasteiger partial charge in [-0.15, -0.1) is 12.4 Å². The van der Waals surface area contributed by atoms with Gasteiger partial charge in [-0.2, -0.15) is 0 Å². The SMILES string of the molecule is Cc1ccccc1CN1CCCC(C(C)N)C1.Cl. The molecule has 1 aromatic rings. The van der Waals surface area contributed by atoms with Gasteiger partial charge in [0.15, 0.2) is 0 Å². The van der Waals surface area contributed by atoms with Crippen molar-refractivity contribution in [2.45, 2.75) is 39.3 Å². The van der Waals surface area contributed by atoms with Crippen molar-refractivity contribution < 1.29 is 0 Å². The van der Waals surface area contributed by atoms with E-state index in [0.717, 1.165) is 13.1 Å². The number of aryl methyl sites for hydroxylation is 1. The van der Waals surface area contributed by atoms with E-state index in [0.29, 0.717) is 12.0 Å². The van der Waals surface area contributed by atoms with Crippen molar-refractivity contribution in [3.05, 3.63) is 35.4 Å². The average Bonchev–Trinajstić information content (AvgIpc) is 2.32. The lowest BCUT2D eigenvalue weighted by Gasteiger charge is -2.34. The fraction of sp³-hybridized carbons (Fsp3) is 0.600. The highest BCUT2D eigenvalue weighted by molar-refractivity contribution is 5.85. The Morgan fingerprint density at radius 3 is 2.78 bits per heavy atom. The molecule has 0 amide bonds. The number of hydrogen-bond donors (Lipinski definition) is 1. The van der Waals surface area contributed by atoms with Gasteiger partial charge in [-0.25, -0.2) is 0 Å². The third kappa shape index (κ3) is 3.98. The van der Waals surface area contributed by atoms with Gasteiger partial charge in [0.1, 0.15) is 0 Å². The lowest BCUT2D eigenvalue weighted by molar-refractivity contribution is 0.154. The molecule has 0 spiro atoms. The van der Waals surface area contributed by atoms with E-state index >= 15 is 0 Å². The van der Waals surface area contributed by atoms with Crippen LogP contribution >= 0.6 is 12.4 Å². The van der Waals surface area contributed by atoms with Crippen molar-refractivity contribution in [2.75, 3.05) is 13.1 Å². The van der Waals surface area contributed by atoms with Crippen LogP contribution in [0.4, 0.5) is 0 Å². The predicted molar refractivity (Wildman–Crippen MR) is 80.1 cm³/mol. The molecule has 0 radical (unpaired) electrons. The summed E-state index contributed by atoms with van der Waals surface area (Å²) in [6.07, 6.45) is 2.58. The summed E-state index contributed by atoms with van der Waals surface area (Å²) in [5, 5.41) is 0. The van der Waals surface area contributed by atoms with E-state index in [1.165, 1.54) is 30.5 Å². The van der Waals surface area contributed by atoms with Gasteiger partial charge in [0.05, 0.1) is 0 Å². The van der Waals surface area contributed by atoms with E-state index < -0.39 is 0 Å². The molecule has 102 valence electrons. The summed E-state index contributed by atoms with van der Waals surface area (Å²) in [5.74, 6) is 0.674. The quantitative estimate of drug-likeness (QED) is 0.913. The van der Waals surface area contributed by atoms with E-state index in [2.05, 4.69) is 43.0 Å². The van der Waals surface area contributed by atoms with Gasteiger partial charge < -0.3 is 5.73 Å². The van der Waals surface area contributed by atoms with Crippen LogP contribution in [0.1, 0.15) is 30.9 Å². The molecule has 1 aliphatic heterocycles. The van der Waals surface area contributed by atoms with Crippen molar-refractivity contribution in [1.29, 1.82) is 0 Å². The number of nitrogens with two attached hydrogens (primary N) is 1. The molecule has 2 rings (SSSR count). The Balaban J connectivity index is 0.00000162. The van der Waals surface area contributed by atoms with Crippen molar-refractivity contribution in [3.63, 3.8) is 0 Å². The minimum absolute atomic E-state index is 0. The molecule has 2 unspecified atom stereocenters. The summed E-state index contributed by atoms with van der Waals surface area (Å²) < 4.78 is 0. The number of rotatable bonds is 3. The highest BCUT2D eigenvalue weighted by Crippen LogP contribution is 2.21. The third-order valence-corrected chi connectivity index (χ3v) is 3.94. The van der Waals surface area contributed by atoms with Gasteiger partial charge in [-0.3, -0.25) is 4.90 Å². The minimum Gasteiger partial charge on any atom is -0.328 e. The van der Waals surface area contributed by atoms with Crippen molar-refractivity contribution in [1.82, 2.24) is 4.90 Å². The fourth-order valence-electron chi connectivity index (χ4n) is 2.69. The molecule has 2 N–H and O–H groups in total. The van der Waals surface area contributed by atoms with Crippen molar-refractivity contribution in [3.8, 4) is 0 Å². The fourth-order valence-corrected chi connectivity index (χ4v) is 2.69. The van der Waals surface area contributed by atoms with Crippen LogP contribution in [0.5, 0.6) is 0 Å². The van der Waals surface area contributed by atoms with Crippen LogP contribution in [0.15, 0.2) is 24.3 Å². The Hall–Kier alpha value is -0.570. The largest absolute Gasteiger partial charge is 0.328 e. The van der Waals surface area contributed by atoms with E-state index in [4.69, 9.17) is 5.73 Å². The number of benzene rings is 1. The van der Waals surface area contributed by atoms with Crippen LogP contribution in [-0.4, -0.2) is 24.0 Å². The zero-order valence-corrected chi connectivity index (χ0v) is 12.2.